The molecule has 116 valence electrons. The van der Waals surface area contributed by atoms with Crippen LogP contribution in [0.3, 0.4) is 0 Å². The summed E-state index contributed by atoms with van der Waals surface area (Å²) in [6, 6.07) is 13.2. The molecule has 0 N–H and O–H groups in total. The average Bonchev–Trinajstić information content (AvgIpc) is 2.52. The second-order valence-corrected chi connectivity index (χ2v) is 5.95. The summed E-state index contributed by atoms with van der Waals surface area (Å²) in [6.45, 7) is 2.12. The molecule has 2 rings (SSSR count). The molecule has 22 heavy (non-hydrogen) atoms. The maximum absolute atomic E-state index is 12.0. The largest absolute Gasteiger partial charge is 0.496 e. The van der Waals surface area contributed by atoms with Gasteiger partial charge in [-0.3, -0.25) is 0 Å². The molecule has 0 aromatic heterocycles. The summed E-state index contributed by atoms with van der Waals surface area (Å²) in [5.41, 5.74) is 1.39. The van der Waals surface area contributed by atoms with E-state index >= 15 is 0 Å². The molecule has 0 heterocycles. The molecule has 0 saturated heterocycles. The van der Waals surface area contributed by atoms with Crippen molar-refractivity contribution in [1.29, 1.82) is 0 Å². The van der Waals surface area contributed by atoms with Crippen molar-refractivity contribution in [3.8, 4) is 5.75 Å². The van der Waals surface area contributed by atoms with Crippen molar-refractivity contribution in [2.24, 2.45) is 0 Å². The molecule has 0 unspecified atom stereocenters. The Morgan fingerprint density at radius 3 is 2.68 bits per heavy atom. The van der Waals surface area contributed by atoms with Gasteiger partial charge in [-0.1, -0.05) is 29.8 Å². The van der Waals surface area contributed by atoms with E-state index in [9.17, 15) is 4.79 Å². The Bertz CT molecular complexity index is 658. The standard InChI is InChI=1S/C17H17ClO3S/c1-3-21-17(19)15-9-4-6-12(16(15)20-2)11-22-14-8-5-7-13(18)10-14/h4-10H,3,11H2,1-2H3. The summed E-state index contributed by atoms with van der Waals surface area (Å²) < 4.78 is 10.5. The summed E-state index contributed by atoms with van der Waals surface area (Å²) in [4.78, 5) is 13.0. The van der Waals surface area contributed by atoms with Crippen LogP contribution in [-0.2, 0) is 10.5 Å². The average molecular weight is 337 g/mol. The molecule has 2 aromatic carbocycles. The van der Waals surface area contributed by atoms with Crippen LogP contribution in [0.15, 0.2) is 47.4 Å². The summed E-state index contributed by atoms with van der Waals surface area (Å²) >= 11 is 7.62. The van der Waals surface area contributed by atoms with Crippen molar-refractivity contribution in [2.45, 2.75) is 17.6 Å². The molecule has 2 aromatic rings. The third-order valence-electron chi connectivity index (χ3n) is 2.99. The van der Waals surface area contributed by atoms with E-state index in [4.69, 9.17) is 21.1 Å². The highest BCUT2D eigenvalue weighted by molar-refractivity contribution is 7.98. The maximum atomic E-state index is 12.0. The monoisotopic (exact) mass is 336 g/mol. The van der Waals surface area contributed by atoms with Crippen molar-refractivity contribution < 1.29 is 14.3 Å². The van der Waals surface area contributed by atoms with E-state index in [0.29, 0.717) is 28.7 Å². The number of hydrogen-bond acceptors (Lipinski definition) is 4. The fraction of sp³-hybridized carbons (Fsp3) is 0.235. The van der Waals surface area contributed by atoms with Crippen LogP contribution in [0.25, 0.3) is 0 Å². The summed E-state index contributed by atoms with van der Waals surface area (Å²) in [7, 11) is 1.56. The van der Waals surface area contributed by atoms with E-state index in [2.05, 4.69) is 0 Å². The molecule has 0 atom stereocenters. The van der Waals surface area contributed by atoms with E-state index in [-0.39, 0.29) is 5.97 Å². The molecule has 0 bridgehead atoms. The van der Waals surface area contributed by atoms with Crippen molar-refractivity contribution in [2.75, 3.05) is 13.7 Å². The Morgan fingerprint density at radius 1 is 1.23 bits per heavy atom. The van der Waals surface area contributed by atoms with E-state index < -0.39 is 0 Å². The van der Waals surface area contributed by atoms with Crippen LogP contribution < -0.4 is 4.74 Å². The maximum Gasteiger partial charge on any atom is 0.341 e. The summed E-state index contributed by atoms with van der Waals surface area (Å²) in [5.74, 6) is 0.876. The van der Waals surface area contributed by atoms with E-state index in [1.54, 1.807) is 31.9 Å². The van der Waals surface area contributed by atoms with Crippen molar-refractivity contribution in [3.63, 3.8) is 0 Å². The van der Waals surface area contributed by atoms with E-state index in [1.165, 1.54) is 0 Å². The number of ether oxygens (including phenoxy) is 2. The number of carbonyl (C=O) groups is 1. The minimum atomic E-state index is -0.367. The summed E-state index contributed by atoms with van der Waals surface area (Å²) in [6.07, 6.45) is 0. The van der Waals surface area contributed by atoms with Gasteiger partial charge in [0.05, 0.1) is 13.7 Å². The van der Waals surface area contributed by atoms with Gasteiger partial charge in [0.1, 0.15) is 11.3 Å². The minimum absolute atomic E-state index is 0.337. The molecule has 0 amide bonds. The van der Waals surface area contributed by atoms with Crippen LogP contribution in [0.1, 0.15) is 22.8 Å². The molecule has 0 aliphatic heterocycles. The van der Waals surface area contributed by atoms with Gasteiger partial charge in [0.2, 0.25) is 0 Å². The number of esters is 1. The molecule has 0 spiro atoms. The first-order valence-electron chi connectivity index (χ1n) is 6.87. The zero-order valence-corrected chi connectivity index (χ0v) is 14.0. The Labute approximate surface area is 139 Å². The number of para-hydroxylation sites is 1. The molecule has 3 nitrogen and oxygen atoms in total. The van der Waals surface area contributed by atoms with Gasteiger partial charge in [-0.25, -0.2) is 4.79 Å². The molecule has 0 fully saturated rings. The fourth-order valence-electron chi connectivity index (χ4n) is 2.03. The normalized spacial score (nSPS) is 10.3. The van der Waals surface area contributed by atoms with Crippen LogP contribution in [0.4, 0.5) is 0 Å². The molecule has 0 aliphatic carbocycles. The first-order valence-corrected chi connectivity index (χ1v) is 8.23. The van der Waals surface area contributed by atoms with Crippen molar-refractivity contribution in [1.82, 2.24) is 0 Å². The van der Waals surface area contributed by atoms with Gasteiger partial charge in [-0.15, -0.1) is 11.8 Å². The molecular formula is C17H17ClO3S. The first-order chi connectivity index (χ1) is 10.7. The zero-order valence-electron chi connectivity index (χ0n) is 12.5. The number of thioether (sulfide) groups is 1. The van der Waals surface area contributed by atoms with Crippen LogP contribution in [-0.4, -0.2) is 19.7 Å². The Balaban J connectivity index is 2.20. The van der Waals surface area contributed by atoms with Crippen LogP contribution in [0.2, 0.25) is 5.02 Å². The third-order valence-corrected chi connectivity index (χ3v) is 4.26. The molecule has 0 saturated carbocycles. The number of halogens is 1. The second-order valence-electron chi connectivity index (χ2n) is 4.46. The predicted molar refractivity (Wildman–Crippen MR) is 90.0 cm³/mol. The lowest BCUT2D eigenvalue weighted by Gasteiger charge is -2.12. The Hall–Kier alpha value is -1.65. The third kappa shape index (κ3) is 4.18. The smallest absolute Gasteiger partial charge is 0.341 e. The molecule has 5 heteroatoms. The number of carbonyl (C=O) groups excluding carboxylic acids is 1. The number of hydrogen-bond donors (Lipinski definition) is 0. The predicted octanol–water partition coefficient (Wildman–Crippen LogP) is 4.82. The van der Waals surface area contributed by atoms with Gasteiger partial charge < -0.3 is 9.47 Å². The highest BCUT2D eigenvalue weighted by atomic mass is 35.5. The van der Waals surface area contributed by atoms with Gasteiger partial charge >= 0.3 is 5.97 Å². The molecule has 0 radical (unpaired) electrons. The number of rotatable bonds is 6. The van der Waals surface area contributed by atoms with Gasteiger partial charge in [0.15, 0.2) is 0 Å². The van der Waals surface area contributed by atoms with Crippen LogP contribution >= 0.6 is 23.4 Å². The number of methoxy groups -OCH3 is 1. The van der Waals surface area contributed by atoms with E-state index in [0.717, 1.165) is 10.5 Å². The van der Waals surface area contributed by atoms with Crippen molar-refractivity contribution in [3.05, 3.63) is 58.6 Å². The SMILES string of the molecule is CCOC(=O)c1cccc(CSc2cccc(Cl)c2)c1OC. The van der Waals surface area contributed by atoms with Gasteiger partial charge in [-0.05, 0) is 31.2 Å². The highest BCUT2D eigenvalue weighted by Gasteiger charge is 2.16. The Morgan fingerprint density at radius 2 is 2.00 bits per heavy atom. The van der Waals surface area contributed by atoms with Gasteiger partial charge in [0.25, 0.3) is 0 Å². The lowest BCUT2D eigenvalue weighted by Crippen LogP contribution is -2.08. The number of benzene rings is 2. The molecular weight excluding hydrogens is 320 g/mol. The minimum Gasteiger partial charge on any atom is -0.496 e. The van der Waals surface area contributed by atoms with Crippen molar-refractivity contribution >= 4 is 29.3 Å². The van der Waals surface area contributed by atoms with Crippen LogP contribution in [0, 0.1) is 0 Å². The fourth-order valence-corrected chi connectivity index (χ4v) is 3.22. The highest BCUT2D eigenvalue weighted by Crippen LogP contribution is 2.31. The molecule has 0 aliphatic rings. The first kappa shape index (κ1) is 16.7. The lowest BCUT2D eigenvalue weighted by atomic mass is 10.1. The van der Waals surface area contributed by atoms with Gasteiger partial charge in [-0.2, -0.15) is 0 Å². The second kappa shape index (κ2) is 8.11. The lowest BCUT2D eigenvalue weighted by molar-refractivity contribution is 0.0522. The zero-order chi connectivity index (χ0) is 15.9. The van der Waals surface area contributed by atoms with Crippen LogP contribution in [0.5, 0.6) is 5.75 Å². The Kier molecular flexibility index (Phi) is 6.16. The van der Waals surface area contributed by atoms with Gasteiger partial charge in [0, 0.05) is 21.2 Å². The summed E-state index contributed by atoms with van der Waals surface area (Å²) in [5, 5.41) is 0.706. The quantitative estimate of drug-likeness (QED) is 0.559. The van der Waals surface area contributed by atoms with E-state index in [1.807, 2.05) is 36.4 Å². The topological polar surface area (TPSA) is 35.5 Å².